The van der Waals surface area contributed by atoms with Gasteiger partial charge in [-0.2, -0.15) is 0 Å². The molecule has 35 heavy (non-hydrogen) atoms. The second-order valence-corrected chi connectivity index (χ2v) is 11.4. The van der Waals surface area contributed by atoms with E-state index < -0.39 is 22.6 Å². The highest BCUT2D eigenvalue weighted by molar-refractivity contribution is 8.02. The largest absolute Gasteiger partial charge is 0.395 e. The third-order valence-electron chi connectivity index (χ3n) is 7.73. The van der Waals surface area contributed by atoms with Gasteiger partial charge in [-0.25, -0.2) is 0 Å². The monoisotopic (exact) mass is 497 g/mol. The van der Waals surface area contributed by atoms with E-state index in [-0.39, 0.29) is 36.1 Å². The number of likely N-dealkylation sites (N-methyl/N-ethyl adjacent to an activating group) is 1. The smallest absolute Gasteiger partial charge is 0.251 e. The van der Waals surface area contributed by atoms with Gasteiger partial charge in [-0.15, -0.1) is 24.9 Å². The number of nitrogens with zero attached hydrogens (tertiary/aromatic N) is 3. The maximum absolute atomic E-state index is 14.4. The van der Waals surface area contributed by atoms with Crippen molar-refractivity contribution in [3.8, 4) is 0 Å². The zero-order chi connectivity index (χ0) is 25.5. The number of carbonyl (C=O) groups is 3. The number of anilines is 1. The SMILES string of the molecule is C=CCN(C)C(=O)[C@@H]1[C@H]2C(=O)N(CCO)C(C(=O)N(CC=C)c3c(C)cccc3C)C23CC[C@H]1S3. The second kappa shape index (κ2) is 9.82. The van der Waals surface area contributed by atoms with E-state index in [0.29, 0.717) is 19.5 Å². The number of benzene rings is 1. The lowest BCUT2D eigenvalue weighted by molar-refractivity contribution is -0.143. The summed E-state index contributed by atoms with van der Waals surface area (Å²) in [5.74, 6) is -1.49. The number of thioether (sulfide) groups is 1. The van der Waals surface area contributed by atoms with Gasteiger partial charge in [0.15, 0.2) is 0 Å². The van der Waals surface area contributed by atoms with Gasteiger partial charge in [0, 0.05) is 37.6 Å². The van der Waals surface area contributed by atoms with Crippen molar-refractivity contribution in [3.63, 3.8) is 0 Å². The summed E-state index contributed by atoms with van der Waals surface area (Å²) in [6, 6.07) is 5.15. The van der Waals surface area contributed by atoms with Crippen molar-refractivity contribution in [1.29, 1.82) is 0 Å². The molecule has 3 amide bonds. The number of para-hydroxylation sites is 1. The summed E-state index contributed by atoms with van der Waals surface area (Å²) in [6.45, 7) is 12.1. The van der Waals surface area contributed by atoms with Gasteiger partial charge in [-0.05, 0) is 37.8 Å². The summed E-state index contributed by atoms with van der Waals surface area (Å²) in [5, 5.41) is 9.83. The van der Waals surface area contributed by atoms with Crippen LogP contribution in [-0.4, -0.2) is 82.0 Å². The van der Waals surface area contributed by atoms with Crippen molar-refractivity contribution < 1.29 is 19.5 Å². The quantitative estimate of drug-likeness (QED) is 0.531. The van der Waals surface area contributed by atoms with E-state index >= 15 is 0 Å². The van der Waals surface area contributed by atoms with Crippen LogP contribution < -0.4 is 4.90 Å². The van der Waals surface area contributed by atoms with Gasteiger partial charge in [0.25, 0.3) is 5.91 Å². The molecule has 4 rings (SSSR count). The molecule has 3 aliphatic heterocycles. The van der Waals surface area contributed by atoms with Crippen LogP contribution in [0.1, 0.15) is 24.0 Å². The number of hydrogen-bond donors (Lipinski definition) is 1. The Balaban J connectivity index is 1.79. The number of likely N-dealkylation sites (tertiary alicyclic amines) is 1. The summed E-state index contributed by atoms with van der Waals surface area (Å²) in [5.41, 5.74) is 2.76. The minimum Gasteiger partial charge on any atom is -0.395 e. The van der Waals surface area contributed by atoms with E-state index in [4.69, 9.17) is 0 Å². The Morgan fingerprint density at radius 2 is 1.86 bits per heavy atom. The molecule has 3 saturated heterocycles. The van der Waals surface area contributed by atoms with Gasteiger partial charge in [-0.1, -0.05) is 30.4 Å². The van der Waals surface area contributed by atoms with Gasteiger partial charge in [0.05, 0.1) is 23.2 Å². The predicted octanol–water partition coefficient (Wildman–Crippen LogP) is 2.55. The summed E-state index contributed by atoms with van der Waals surface area (Å²) < 4.78 is -0.681. The Kier molecular flexibility index (Phi) is 7.16. The van der Waals surface area contributed by atoms with Crippen LogP contribution in [-0.2, 0) is 14.4 Å². The van der Waals surface area contributed by atoms with E-state index in [1.54, 1.807) is 45.7 Å². The number of aryl methyl sites for hydroxylation is 2. The van der Waals surface area contributed by atoms with Crippen molar-refractivity contribution in [3.05, 3.63) is 54.6 Å². The van der Waals surface area contributed by atoms with Gasteiger partial charge < -0.3 is 19.8 Å². The van der Waals surface area contributed by atoms with Crippen LogP contribution in [0.5, 0.6) is 0 Å². The lowest BCUT2D eigenvalue weighted by Gasteiger charge is -2.38. The Hall–Kier alpha value is -2.58. The minimum absolute atomic E-state index is 0.00310. The van der Waals surface area contributed by atoms with E-state index in [1.165, 1.54) is 0 Å². The molecule has 8 heteroatoms. The normalized spacial score (nSPS) is 28.7. The molecule has 188 valence electrons. The third kappa shape index (κ3) is 3.91. The van der Waals surface area contributed by atoms with Crippen molar-refractivity contribution in [2.24, 2.45) is 11.8 Å². The number of β-amino-alcohol motifs (C(OH)–C–C–N with tert-alkyl or cyclic N) is 1. The van der Waals surface area contributed by atoms with Crippen molar-refractivity contribution in [2.45, 2.75) is 42.7 Å². The first-order valence-electron chi connectivity index (χ1n) is 12.2. The van der Waals surface area contributed by atoms with Crippen molar-refractivity contribution >= 4 is 35.2 Å². The van der Waals surface area contributed by atoms with Crippen LogP contribution in [0.4, 0.5) is 5.69 Å². The molecule has 3 aliphatic rings. The Morgan fingerprint density at radius 3 is 2.46 bits per heavy atom. The average Bonchev–Trinajstić information content (AvgIpc) is 3.46. The maximum Gasteiger partial charge on any atom is 0.251 e. The molecule has 0 saturated carbocycles. The summed E-state index contributed by atoms with van der Waals surface area (Å²) >= 11 is 1.64. The van der Waals surface area contributed by atoms with Crippen molar-refractivity contribution in [1.82, 2.24) is 9.80 Å². The zero-order valence-corrected chi connectivity index (χ0v) is 21.6. The number of hydrogen-bond acceptors (Lipinski definition) is 5. The molecule has 0 radical (unpaired) electrons. The van der Waals surface area contributed by atoms with Gasteiger partial charge in [0.1, 0.15) is 6.04 Å². The Labute approximate surface area is 211 Å². The number of rotatable bonds is 9. The highest BCUT2D eigenvalue weighted by atomic mass is 32.2. The Bertz CT molecular complexity index is 1040. The number of amides is 3. The first kappa shape index (κ1) is 25.5. The van der Waals surface area contributed by atoms with E-state index in [2.05, 4.69) is 13.2 Å². The molecule has 5 atom stereocenters. The van der Waals surface area contributed by atoms with E-state index in [9.17, 15) is 19.5 Å². The standard InChI is InChI=1S/C27H35N3O4S/c1-6-13-28(5)24(32)20-19-11-12-27(35-19)21(20)25(33)30(15-16-31)23(27)26(34)29(14-7-2)22-17(3)9-8-10-18(22)4/h6-10,19-21,23,31H,1-2,11-16H2,3-5H3/t19-,20+,21+,23?,27?/m1/s1. The zero-order valence-electron chi connectivity index (χ0n) is 20.8. The third-order valence-corrected chi connectivity index (χ3v) is 9.68. The molecule has 7 nitrogen and oxygen atoms in total. The highest BCUT2D eigenvalue weighted by Gasteiger charge is 2.74. The van der Waals surface area contributed by atoms with Gasteiger partial charge in [0.2, 0.25) is 11.8 Å². The van der Waals surface area contributed by atoms with Crippen LogP contribution >= 0.6 is 11.8 Å². The first-order chi connectivity index (χ1) is 16.7. The summed E-state index contributed by atoms with van der Waals surface area (Å²) in [7, 11) is 1.73. The second-order valence-electron chi connectivity index (χ2n) is 9.80. The summed E-state index contributed by atoms with van der Waals surface area (Å²) in [4.78, 5) is 46.6. The fourth-order valence-corrected chi connectivity index (χ4v) is 8.61. The molecule has 0 aliphatic carbocycles. The molecule has 3 heterocycles. The van der Waals surface area contributed by atoms with E-state index in [1.807, 2.05) is 32.0 Å². The number of aliphatic hydroxyl groups is 1. The van der Waals surface area contributed by atoms with Crippen molar-refractivity contribution in [2.75, 3.05) is 38.2 Å². The average molecular weight is 498 g/mol. The molecule has 0 aromatic heterocycles. The lowest BCUT2D eigenvalue weighted by Crippen LogP contribution is -2.55. The molecule has 1 N–H and O–H groups in total. The van der Waals surface area contributed by atoms with Crippen LogP contribution in [0.2, 0.25) is 0 Å². The first-order valence-corrected chi connectivity index (χ1v) is 13.0. The molecule has 1 aromatic rings. The molecule has 2 unspecified atom stereocenters. The molecule has 2 bridgehead atoms. The van der Waals surface area contributed by atoms with Crippen LogP contribution in [0.3, 0.4) is 0 Å². The molecular formula is C27H35N3O4S. The van der Waals surface area contributed by atoms with E-state index in [0.717, 1.165) is 23.2 Å². The predicted molar refractivity (Wildman–Crippen MR) is 139 cm³/mol. The number of aliphatic hydroxyl groups excluding tert-OH is 1. The Morgan fingerprint density at radius 1 is 1.20 bits per heavy atom. The van der Waals surface area contributed by atoms with Crippen LogP contribution in [0, 0.1) is 25.7 Å². The number of fused-ring (bicyclic) bond motifs is 1. The fraction of sp³-hybridized carbons (Fsp3) is 0.519. The topological polar surface area (TPSA) is 81.2 Å². The summed E-state index contributed by atoms with van der Waals surface area (Å²) in [6.07, 6.45) is 4.85. The molecule has 1 aromatic carbocycles. The maximum atomic E-state index is 14.4. The van der Waals surface area contributed by atoms with Gasteiger partial charge in [-0.3, -0.25) is 14.4 Å². The van der Waals surface area contributed by atoms with Crippen LogP contribution in [0.15, 0.2) is 43.5 Å². The van der Waals surface area contributed by atoms with Gasteiger partial charge >= 0.3 is 0 Å². The number of carbonyl (C=O) groups excluding carboxylic acids is 3. The lowest BCUT2D eigenvalue weighted by atomic mass is 9.70. The highest BCUT2D eigenvalue weighted by Crippen LogP contribution is 2.66. The minimum atomic E-state index is -0.747. The fourth-order valence-electron chi connectivity index (χ4n) is 6.40. The molecule has 3 fully saturated rings. The van der Waals surface area contributed by atoms with Crippen LogP contribution in [0.25, 0.3) is 0 Å². The molecular weight excluding hydrogens is 462 g/mol. The molecule has 1 spiro atoms.